The number of nitrogens with one attached hydrogen (secondary N) is 1. The van der Waals surface area contributed by atoms with Crippen molar-refractivity contribution in [1.82, 2.24) is 14.8 Å². The summed E-state index contributed by atoms with van der Waals surface area (Å²) in [4.78, 5) is 38.4. The lowest BCUT2D eigenvalue weighted by atomic mass is 9.96. The molecule has 0 bridgehead atoms. The number of amides is 2. The van der Waals surface area contributed by atoms with Gasteiger partial charge in [-0.3, -0.25) is 23.5 Å². The molecule has 0 saturated carbocycles. The molecule has 13 heteroatoms. The molecule has 0 unspecified atom stereocenters. The molecule has 10 nitrogen and oxygen atoms in total. The molecule has 1 saturated heterocycles. The van der Waals surface area contributed by atoms with Gasteiger partial charge in [0.05, 0.1) is 16.8 Å². The molecule has 0 spiro atoms. The second-order valence-electron chi connectivity index (χ2n) is 6.76. The minimum absolute atomic E-state index is 0.0610. The predicted molar refractivity (Wildman–Crippen MR) is 111 cm³/mol. The van der Waals surface area contributed by atoms with E-state index in [1.807, 2.05) is 0 Å². The molecule has 164 valence electrons. The summed E-state index contributed by atoms with van der Waals surface area (Å²) < 4.78 is 35.7. The first-order valence-electron chi connectivity index (χ1n) is 9.10. The number of halogens is 1. The van der Waals surface area contributed by atoms with Crippen LogP contribution in [0.4, 0.5) is 0 Å². The summed E-state index contributed by atoms with van der Waals surface area (Å²) >= 11 is 7.06. The first kappa shape index (κ1) is 22.7. The minimum atomic E-state index is -4.53. The molecule has 2 amide bonds. The molecule has 2 N–H and O–H groups in total. The van der Waals surface area contributed by atoms with Crippen LogP contribution < -0.4 is 10.2 Å². The predicted octanol–water partition coefficient (Wildman–Crippen LogP) is 0.891. The quantitative estimate of drug-likeness (QED) is 0.446. The molecule has 1 aromatic heterocycles. The van der Waals surface area contributed by atoms with Gasteiger partial charge in [0, 0.05) is 30.6 Å². The smallest absolute Gasteiger partial charge is 0.353 e. The van der Waals surface area contributed by atoms with Gasteiger partial charge in [-0.1, -0.05) is 22.9 Å². The summed E-state index contributed by atoms with van der Waals surface area (Å²) in [5.74, 6) is -0.795. The molecule has 0 radical (unpaired) electrons. The highest BCUT2D eigenvalue weighted by Gasteiger charge is 2.27. The molecular formula is C17H20ClN3O7S2. The lowest BCUT2D eigenvalue weighted by Crippen LogP contribution is -2.45. The number of nitrogens with zero attached hydrogens (tertiary/aromatic N) is 2. The van der Waals surface area contributed by atoms with Crippen LogP contribution in [0.25, 0.3) is 10.2 Å². The van der Waals surface area contributed by atoms with Gasteiger partial charge in [0.15, 0.2) is 0 Å². The average molecular weight is 478 g/mol. The molecule has 1 aliphatic heterocycles. The summed E-state index contributed by atoms with van der Waals surface area (Å²) in [6.45, 7) is 0.221. The number of piperidine rings is 1. The fraction of sp³-hybridized carbons (Fsp3) is 0.471. The van der Waals surface area contributed by atoms with Crippen molar-refractivity contribution < 1.29 is 26.7 Å². The van der Waals surface area contributed by atoms with Crippen molar-refractivity contribution in [3.05, 3.63) is 32.9 Å². The van der Waals surface area contributed by atoms with E-state index in [-0.39, 0.29) is 42.3 Å². The number of hydrogen-bond acceptors (Lipinski definition) is 7. The Morgan fingerprint density at radius 2 is 2.00 bits per heavy atom. The summed E-state index contributed by atoms with van der Waals surface area (Å²) in [5.41, 5.74) is 0.618. The van der Waals surface area contributed by atoms with E-state index in [0.717, 1.165) is 16.0 Å². The molecule has 0 aliphatic carbocycles. The Morgan fingerprint density at radius 1 is 1.30 bits per heavy atom. The number of carbonyl (C=O) groups is 2. The number of hydrogen-bond donors (Lipinski definition) is 2. The monoisotopic (exact) mass is 477 g/mol. The van der Waals surface area contributed by atoms with Crippen LogP contribution in [0.3, 0.4) is 0 Å². The Morgan fingerprint density at radius 3 is 2.67 bits per heavy atom. The summed E-state index contributed by atoms with van der Waals surface area (Å²) in [5, 5.41) is 3.02. The number of carbonyl (C=O) groups excluding carboxylic acids is 2. The number of thiazole rings is 1. The largest absolute Gasteiger partial charge is 0.397 e. The van der Waals surface area contributed by atoms with Crippen LogP contribution in [0.5, 0.6) is 0 Å². The van der Waals surface area contributed by atoms with Crippen LogP contribution in [0, 0.1) is 5.92 Å². The van der Waals surface area contributed by atoms with E-state index in [1.165, 1.54) is 4.57 Å². The Bertz CT molecular complexity index is 1100. The Hall–Kier alpha value is -1.99. The van der Waals surface area contributed by atoms with Crippen molar-refractivity contribution >= 4 is 55.4 Å². The second kappa shape index (κ2) is 9.43. The summed E-state index contributed by atoms with van der Waals surface area (Å²) in [7, 11) is -4.53. The first-order valence-corrected chi connectivity index (χ1v) is 11.7. The van der Waals surface area contributed by atoms with Gasteiger partial charge < -0.3 is 10.2 Å². The zero-order chi connectivity index (χ0) is 21.9. The van der Waals surface area contributed by atoms with Gasteiger partial charge in [-0.05, 0) is 31.0 Å². The van der Waals surface area contributed by atoms with Gasteiger partial charge in [0.2, 0.25) is 11.8 Å². The number of likely N-dealkylation sites (tertiary alicyclic amines) is 1. The molecular weight excluding hydrogens is 458 g/mol. The zero-order valence-electron chi connectivity index (χ0n) is 15.7. The van der Waals surface area contributed by atoms with E-state index in [0.29, 0.717) is 36.5 Å². The maximum atomic E-state index is 12.7. The molecule has 2 aromatic rings. The van der Waals surface area contributed by atoms with Crippen molar-refractivity contribution in [2.24, 2.45) is 5.92 Å². The van der Waals surface area contributed by atoms with Crippen LogP contribution >= 0.6 is 22.9 Å². The van der Waals surface area contributed by atoms with E-state index in [4.69, 9.17) is 16.2 Å². The van der Waals surface area contributed by atoms with Gasteiger partial charge in [-0.15, -0.1) is 0 Å². The third kappa shape index (κ3) is 5.79. The van der Waals surface area contributed by atoms with Crippen molar-refractivity contribution in [3.63, 3.8) is 0 Å². The van der Waals surface area contributed by atoms with E-state index in [2.05, 4.69) is 9.50 Å². The van der Waals surface area contributed by atoms with Crippen LogP contribution in [-0.2, 0) is 30.7 Å². The first-order chi connectivity index (χ1) is 14.1. The molecule has 2 heterocycles. The molecule has 3 rings (SSSR count). The second-order valence-corrected chi connectivity index (χ2v) is 9.28. The SMILES string of the molecule is O=C(NCCOS(=O)(=O)O)C1CCN(C(=O)Cn2c(=O)sc3ccc(Cl)cc32)CC1. The van der Waals surface area contributed by atoms with Gasteiger partial charge in [0.1, 0.15) is 6.54 Å². The van der Waals surface area contributed by atoms with Crippen LogP contribution in [0.2, 0.25) is 5.02 Å². The molecule has 30 heavy (non-hydrogen) atoms. The van der Waals surface area contributed by atoms with Gasteiger partial charge in [0.25, 0.3) is 0 Å². The Balaban J connectivity index is 1.51. The fourth-order valence-corrected chi connectivity index (χ4v) is 4.61. The highest BCUT2D eigenvalue weighted by molar-refractivity contribution is 7.80. The third-order valence-electron chi connectivity index (χ3n) is 4.77. The number of benzene rings is 1. The number of aromatic nitrogens is 1. The lowest BCUT2D eigenvalue weighted by molar-refractivity contribution is -0.136. The lowest BCUT2D eigenvalue weighted by Gasteiger charge is -2.31. The Labute approximate surface area is 181 Å². The van der Waals surface area contributed by atoms with E-state index >= 15 is 0 Å². The standard InChI is InChI=1S/C17H20ClN3O7S2/c18-12-1-2-14-13(9-12)21(17(24)29-14)10-15(22)20-6-3-11(4-7-20)16(23)19-5-8-28-30(25,26)27/h1-2,9,11H,3-8,10H2,(H,19,23)(H,25,26,27). The summed E-state index contributed by atoms with van der Waals surface area (Å²) in [6, 6.07) is 5.09. The van der Waals surface area contributed by atoms with Crippen molar-refractivity contribution in [3.8, 4) is 0 Å². The van der Waals surface area contributed by atoms with Crippen LogP contribution in [0.1, 0.15) is 12.8 Å². The van der Waals surface area contributed by atoms with Crippen LogP contribution in [-0.4, -0.2) is 60.5 Å². The van der Waals surface area contributed by atoms with E-state index in [1.54, 1.807) is 23.1 Å². The maximum absolute atomic E-state index is 12.7. The number of fused-ring (bicyclic) bond motifs is 1. The van der Waals surface area contributed by atoms with E-state index in [9.17, 15) is 22.8 Å². The van der Waals surface area contributed by atoms with Crippen LogP contribution in [0.15, 0.2) is 23.0 Å². The molecule has 1 aliphatic rings. The van der Waals surface area contributed by atoms with E-state index < -0.39 is 10.4 Å². The Kier molecular flexibility index (Phi) is 7.14. The topological polar surface area (TPSA) is 135 Å². The summed E-state index contributed by atoms with van der Waals surface area (Å²) in [6.07, 6.45) is 0.893. The highest BCUT2D eigenvalue weighted by atomic mass is 35.5. The maximum Gasteiger partial charge on any atom is 0.397 e. The van der Waals surface area contributed by atoms with Gasteiger partial charge in [-0.25, -0.2) is 4.18 Å². The van der Waals surface area contributed by atoms with Crippen molar-refractivity contribution in [2.45, 2.75) is 19.4 Å². The minimum Gasteiger partial charge on any atom is -0.353 e. The van der Waals surface area contributed by atoms with Gasteiger partial charge in [-0.2, -0.15) is 8.42 Å². The molecule has 1 fully saturated rings. The third-order valence-corrected chi connectivity index (χ3v) is 6.43. The molecule has 0 atom stereocenters. The molecule has 1 aromatic carbocycles. The normalized spacial score (nSPS) is 15.5. The fourth-order valence-electron chi connectivity index (χ4n) is 3.28. The zero-order valence-corrected chi connectivity index (χ0v) is 18.1. The van der Waals surface area contributed by atoms with Gasteiger partial charge >= 0.3 is 15.3 Å². The number of rotatable bonds is 7. The van der Waals surface area contributed by atoms with Crippen molar-refractivity contribution in [1.29, 1.82) is 0 Å². The van der Waals surface area contributed by atoms with Crippen molar-refractivity contribution in [2.75, 3.05) is 26.2 Å². The average Bonchev–Trinajstić information content (AvgIpc) is 2.99. The highest BCUT2D eigenvalue weighted by Crippen LogP contribution is 2.22.